The summed E-state index contributed by atoms with van der Waals surface area (Å²) in [6, 6.07) is 0. The first-order chi connectivity index (χ1) is 11.1. The second kappa shape index (κ2) is 12.9. The number of hydrogen-bond acceptors (Lipinski definition) is 4. The zero-order chi connectivity index (χ0) is 18.8. The summed E-state index contributed by atoms with van der Waals surface area (Å²) in [7, 11) is 1.75. The number of hydrogen-bond donors (Lipinski definition) is 3. The van der Waals surface area contributed by atoms with Crippen LogP contribution in [0.15, 0.2) is 4.99 Å². The van der Waals surface area contributed by atoms with E-state index in [9.17, 15) is 4.79 Å². The minimum atomic E-state index is -0.504. The van der Waals surface area contributed by atoms with Crippen LogP contribution in [0, 0.1) is 0 Å². The average molecular weight is 488 g/mol. The van der Waals surface area contributed by atoms with Crippen LogP contribution >= 0.6 is 35.7 Å². The normalized spacial score (nSPS) is 13.5. The van der Waals surface area contributed by atoms with Gasteiger partial charge in [-0.25, -0.2) is 4.79 Å². The lowest BCUT2D eigenvalue weighted by atomic mass is 9.93. The first kappa shape index (κ1) is 26.8. The molecule has 150 valence electrons. The van der Waals surface area contributed by atoms with Crippen molar-refractivity contribution in [1.82, 2.24) is 16.0 Å². The lowest BCUT2D eigenvalue weighted by molar-refractivity contribution is 0.0448. The molecule has 0 aliphatic heterocycles. The molecule has 0 aromatic carbocycles. The minimum absolute atomic E-state index is 0. The number of nitrogens with one attached hydrogen (secondary N) is 3. The Labute approximate surface area is 175 Å². The van der Waals surface area contributed by atoms with E-state index < -0.39 is 5.60 Å². The second-order valence-corrected chi connectivity index (χ2v) is 8.24. The van der Waals surface area contributed by atoms with E-state index in [0.717, 1.165) is 25.3 Å². The number of rotatable bonds is 8. The number of ether oxygens (including phenoxy) is 1. The van der Waals surface area contributed by atoms with Crippen molar-refractivity contribution >= 4 is 47.8 Å². The molecule has 0 heterocycles. The van der Waals surface area contributed by atoms with Crippen molar-refractivity contribution in [3.63, 3.8) is 0 Å². The molecule has 25 heavy (non-hydrogen) atoms. The van der Waals surface area contributed by atoms with Crippen molar-refractivity contribution in [3.8, 4) is 0 Å². The molecular formula is C17H37IN4O2S. The highest BCUT2D eigenvalue weighted by atomic mass is 127. The first-order valence-corrected chi connectivity index (χ1v) is 9.88. The first-order valence-electron chi connectivity index (χ1n) is 8.59. The number of nitrogens with zero attached hydrogens (tertiary/aromatic N) is 1. The van der Waals surface area contributed by atoms with Gasteiger partial charge in [-0.1, -0.05) is 20.8 Å². The summed E-state index contributed by atoms with van der Waals surface area (Å²) in [6.45, 7) is 13.3. The molecule has 0 radical (unpaired) electrons. The highest BCUT2D eigenvalue weighted by Gasteiger charge is 2.30. The number of aliphatic imine (C=N–C) groups is 1. The van der Waals surface area contributed by atoms with E-state index in [1.807, 2.05) is 20.8 Å². The van der Waals surface area contributed by atoms with Gasteiger partial charge in [0, 0.05) is 25.4 Å². The smallest absolute Gasteiger partial charge is 0.408 e. The number of alkyl carbamates (subject to hydrolysis) is 1. The van der Waals surface area contributed by atoms with E-state index in [1.54, 1.807) is 18.8 Å². The summed E-state index contributed by atoms with van der Waals surface area (Å²) in [5.41, 5.74) is -0.874. The van der Waals surface area contributed by atoms with Crippen LogP contribution in [-0.4, -0.2) is 54.8 Å². The lowest BCUT2D eigenvalue weighted by Crippen LogP contribution is -2.57. The standard InChI is InChI=1S/C17H36N4O2S.HI/c1-9-17(10-2,21-15(22)23-16(4,5)6)12-20-14(18-7)19-11-13(3)24-8;/h13H,9-12H2,1-8H3,(H,21,22)(H2,18,19,20);1H. The molecular weight excluding hydrogens is 451 g/mol. The van der Waals surface area contributed by atoms with E-state index >= 15 is 0 Å². The van der Waals surface area contributed by atoms with Crippen molar-refractivity contribution in [2.24, 2.45) is 4.99 Å². The summed E-state index contributed by atoms with van der Waals surface area (Å²) >= 11 is 1.80. The molecule has 0 aromatic heterocycles. The summed E-state index contributed by atoms with van der Waals surface area (Å²) in [5, 5.41) is 10.2. The molecule has 0 bridgehead atoms. The van der Waals surface area contributed by atoms with Crippen LogP contribution in [0.1, 0.15) is 54.4 Å². The minimum Gasteiger partial charge on any atom is -0.444 e. The molecule has 8 heteroatoms. The Morgan fingerprint density at radius 2 is 1.76 bits per heavy atom. The Bertz CT molecular complexity index is 410. The van der Waals surface area contributed by atoms with Crippen LogP contribution in [0.25, 0.3) is 0 Å². The zero-order valence-electron chi connectivity index (χ0n) is 17.0. The van der Waals surface area contributed by atoms with Gasteiger partial charge < -0.3 is 20.7 Å². The second-order valence-electron chi connectivity index (χ2n) is 6.97. The fraction of sp³-hybridized carbons (Fsp3) is 0.882. The molecule has 1 amide bonds. The maximum Gasteiger partial charge on any atom is 0.408 e. The third-order valence-electron chi connectivity index (χ3n) is 3.90. The molecule has 0 aliphatic rings. The fourth-order valence-electron chi connectivity index (χ4n) is 2.04. The summed E-state index contributed by atoms with van der Waals surface area (Å²) in [4.78, 5) is 16.4. The van der Waals surface area contributed by atoms with Crippen LogP contribution in [0.5, 0.6) is 0 Å². The number of carbonyl (C=O) groups is 1. The van der Waals surface area contributed by atoms with Gasteiger partial charge in [-0.2, -0.15) is 11.8 Å². The van der Waals surface area contributed by atoms with Crippen molar-refractivity contribution < 1.29 is 9.53 Å². The third-order valence-corrected chi connectivity index (χ3v) is 4.87. The largest absolute Gasteiger partial charge is 0.444 e. The van der Waals surface area contributed by atoms with Crippen molar-refractivity contribution in [3.05, 3.63) is 0 Å². The van der Waals surface area contributed by atoms with Crippen LogP contribution < -0.4 is 16.0 Å². The molecule has 0 fully saturated rings. The number of guanidine groups is 1. The average Bonchev–Trinajstić information content (AvgIpc) is 2.51. The molecule has 0 aliphatic carbocycles. The monoisotopic (exact) mass is 488 g/mol. The Morgan fingerprint density at radius 3 is 2.16 bits per heavy atom. The molecule has 0 saturated carbocycles. The predicted molar refractivity (Wildman–Crippen MR) is 120 cm³/mol. The lowest BCUT2D eigenvalue weighted by Gasteiger charge is -2.34. The Balaban J connectivity index is 0. The molecule has 3 N–H and O–H groups in total. The van der Waals surface area contributed by atoms with Crippen molar-refractivity contribution in [2.75, 3.05) is 26.4 Å². The van der Waals surface area contributed by atoms with Gasteiger partial charge in [0.15, 0.2) is 5.96 Å². The predicted octanol–water partition coefficient (Wildman–Crippen LogP) is 3.60. The summed E-state index contributed by atoms with van der Waals surface area (Å²) in [6.07, 6.45) is 3.31. The number of carbonyl (C=O) groups excluding carboxylic acids is 1. The van der Waals surface area contributed by atoms with E-state index in [-0.39, 0.29) is 35.6 Å². The van der Waals surface area contributed by atoms with Crippen LogP contribution in [-0.2, 0) is 4.74 Å². The Hall–Kier alpha value is -0.380. The zero-order valence-corrected chi connectivity index (χ0v) is 20.1. The molecule has 0 saturated heterocycles. The fourth-order valence-corrected chi connectivity index (χ4v) is 2.29. The quantitative estimate of drug-likeness (QED) is 0.277. The Morgan fingerprint density at radius 1 is 1.20 bits per heavy atom. The van der Waals surface area contributed by atoms with Gasteiger partial charge in [0.1, 0.15) is 5.60 Å². The molecule has 6 nitrogen and oxygen atoms in total. The highest BCUT2D eigenvalue weighted by Crippen LogP contribution is 2.16. The van der Waals surface area contributed by atoms with E-state index in [1.165, 1.54) is 0 Å². The van der Waals surface area contributed by atoms with Gasteiger partial charge in [0.2, 0.25) is 0 Å². The van der Waals surface area contributed by atoms with Gasteiger partial charge in [-0.05, 0) is 39.9 Å². The highest BCUT2D eigenvalue weighted by molar-refractivity contribution is 14.0. The number of amides is 1. The topological polar surface area (TPSA) is 74.8 Å². The molecule has 0 spiro atoms. The van der Waals surface area contributed by atoms with E-state index in [2.05, 4.69) is 48.0 Å². The summed E-state index contributed by atoms with van der Waals surface area (Å²) < 4.78 is 5.40. The van der Waals surface area contributed by atoms with Gasteiger partial charge in [-0.3, -0.25) is 4.99 Å². The van der Waals surface area contributed by atoms with Gasteiger partial charge in [0.05, 0.1) is 5.54 Å². The van der Waals surface area contributed by atoms with Crippen LogP contribution in [0.3, 0.4) is 0 Å². The van der Waals surface area contributed by atoms with Crippen LogP contribution in [0.2, 0.25) is 0 Å². The number of halogens is 1. The van der Waals surface area contributed by atoms with E-state index in [4.69, 9.17) is 4.74 Å². The Kier molecular flexibility index (Phi) is 13.8. The summed E-state index contributed by atoms with van der Waals surface area (Å²) in [5.74, 6) is 0.744. The maximum atomic E-state index is 12.2. The molecule has 0 rings (SSSR count). The molecule has 1 unspecified atom stereocenters. The van der Waals surface area contributed by atoms with E-state index in [0.29, 0.717) is 11.8 Å². The van der Waals surface area contributed by atoms with Crippen molar-refractivity contribution in [1.29, 1.82) is 0 Å². The van der Waals surface area contributed by atoms with Gasteiger partial charge in [0.25, 0.3) is 0 Å². The van der Waals surface area contributed by atoms with Gasteiger partial charge in [-0.15, -0.1) is 24.0 Å². The molecule has 1 atom stereocenters. The van der Waals surface area contributed by atoms with Crippen molar-refractivity contribution in [2.45, 2.75) is 70.8 Å². The SMILES string of the molecule is CCC(CC)(CNC(=NC)NCC(C)SC)NC(=O)OC(C)(C)C.I. The maximum absolute atomic E-state index is 12.2. The molecule has 0 aromatic rings. The van der Waals surface area contributed by atoms with Crippen LogP contribution in [0.4, 0.5) is 4.79 Å². The number of thioether (sulfide) groups is 1. The van der Waals surface area contributed by atoms with Gasteiger partial charge >= 0.3 is 6.09 Å². The third kappa shape index (κ3) is 11.8.